The first-order chi connectivity index (χ1) is 33.5. The summed E-state index contributed by atoms with van der Waals surface area (Å²) in [6.45, 7) is 1.56. The Bertz CT molecular complexity index is 2550. The van der Waals surface area contributed by atoms with E-state index in [1.807, 2.05) is 36.4 Å². The van der Waals surface area contributed by atoms with Crippen molar-refractivity contribution in [3.63, 3.8) is 0 Å². The minimum atomic E-state index is -3.01. The van der Waals surface area contributed by atoms with Crippen molar-refractivity contribution in [1.82, 2.24) is 10.2 Å². The number of primary amides is 1. The predicted octanol–water partition coefficient (Wildman–Crippen LogP) is 5.14. The number of benzene rings is 4. The first-order valence-electron chi connectivity index (χ1n) is 23.9. The van der Waals surface area contributed by atoms with E-state index >= 15 is 0 Å². The molecule has 0 saturated carbocycles. The number of phenolic OH excluding ortho intramolecular Hbond substituents is 1. The van der Waals surface area contributed by atoms with Gasteiger partial charge in [-0.05, 0) is 25.6 Å². The molecule has 0 bridgehead atoms. The summed E-state index contributed by atoms with van der Waals surface area (Å²) in [6.07, 6.45) is 6.22. The number of fused-ring (bicyclic) bond motifs is 3. The van der Waals surface area contributed by atoms with Crippen molar-refractivity contribution in [2.24, 2.45) is 17.6 Å². The fraction of sp³-hybridized carbons (Fsp3) is 0.407. The van der Waals surface area contributed by atoms with E-state index in [1.54, 1.807) is 40.4 Å². The number of ether oxygens (including phenoxy) is 3. The van der Waals surface area contributed by atoms with Gasteiger partial charge in [-0.1, -0.05) is 19.1 Å². The van der Waals surface area contributed by atoms with Gasteiger partial charge in [-0.3, -0.25) is 19.3 Å². The number of aliphatic hydroxyl groups excluding tert-OH is 3. The summed E-state index contributed by atoms with van der Waals surface area (Å²) in [4.78, 5) is 54.7. The van der Waals surface area contributed by atoms with Gasteiger partial charge < -0.3 is 31.3 Å². The number of methoxy groups -OCH3 is 3. The number of likely N-dealkylation sites (N-methyl/N-ethyl adjacent to an activating group) is 1. The first-order valence-corrected chi connectivity index (χ1v) is 26.1. The number of carbonyl (C=O) groups is 4. The molecule has 7 rings (SSSR count). The zero-order valence-electron chi connectivity index (χ0n) is 40.7. The van der Waals surface area contributed by atoms with Crippen molar-refractivity contribution in [2.75, 3.05) is 41.6 Å². The SMILES string of the molecule is COc1ccc([PH](CCCCCCCCCC(=O)NCc2ccc3c(c2O)C(=O)C2=C(O)[C@]4(O)C(=O)C(C(N)=O)=C(O)[C@@H](N(C)C)[C@@H]4[C@@H](O)[C@@H]2[C@H]3C)(c2ccc(OC)cc2)c2ccc(OC)cc2)cc1. The molecular weight excluding hydrogens is 914 g/mol. The Morgan fingerprint density at radius 2 is 1.23 bits per heavy atom. The number of nitrogens with two attached hydrogens (primary N) is 1. The number of nitrogens with zero attached hydrogens (tertiary/aromatic N) is 1. The number of Topliss-reactive ketones (excluding diaryl/α,β-unsaturated/α-hetero) is 2. The van der Waals surface area contributed by atoms with Crippen molar-refractivity contribution < 1.29 is 58.9 Å². The van der Waals surface area contributed by atoms with E-state index in [2.05, 4.69) is 41.7 Å². The van der Waals surface area contributed by atoms with Gasteiger partial charge in [-0.2, -0.15) is 0 Å². The zero-order chi connectivity index (χ0) is 50.7. The second-order valence-corrected chi connectivity index (χ2v) is 23.0. The van der Waals surface area contributed by atoms with Gasteiger partial charge in [-0.25, -0.2) is 0 Å². The second kappa shape index (κ2) is 21.4. The van der Waals surface area contributed by atoms with E-state index in [-0.39, 0.29) is 30.0 Å². The number of aliphatic hydroxyl groups is 4. The van der Waals surface area contributed by atoms with Crippen LogP contribution < -0.4 is 41.2 Å². The molecule has 8 N–H and O–H groups in total. The Kier molecular flexibility index (Phi) is 15.8. The molecule has 4 aromatic carbocycles. The number of hydrogen-bond acceptors (Lipinski definition) is 13. The maximum atomic E-state index is 14.3. The fourth-order valence-corrected chi connectivity index (χ4v) is 16.1. The van der Waals surface area contributed by atoms with E-state index in [0.717, 1.165) is 61.9 Å². The van der Waals surface area contributed by atoms with Crippen molar-refractivity contribution in [2.45, 2.75) is 88.5 Å². The molecule has 2 amide bonds. The van der Waals surface area contributed by atoms with Crippen LogP contribution in [0.5, 0.6) is 23.0 Å². The van der Waals surface area contributed by atoms with Gasteiger partial charge in [0.05, 0.1) is 23.6 Å². The molecule has 4 aromatic rings. The number of rotatable bonds is 20. The number of hydrogen-bond donors (Lipinski definition) is 7. The van der Waals surface area contributed by atoms with E-state index in [0.29, 0.717) is 12.0 Å². The molecule has 0 aromatic heterocycles. The molecule has 3 aliphatic rings. The summed E-state index contributed by atoms with van der Waals surface area (Å²) < 4.78 is 16.6. The molecule has 6 atom stereocenters. The van der Waals surface area contributed by atoms with E-state index in [1.165, 1.54) is 34.9 Å². The predicted molar refractivity (Wildman–Crippen MR) is 270 cm³/mol. The third-order valence-electron chi connectivity index (χ3n) is 14.9. The molecule has 0 fully saturated rings. The van der Waals surface area contributed by atoms with Crippen LogP contribution in [0, 0.1) is 11.8 Å². The van der Waals surface area contributed by atoms with Gasteiger partial charge in [0.25, 0.3) is 5.91 Å². The van der Waals surface area contributed by atoms with Gasteiger partial charge in [0.2, 0.25) is 5.78 Å². The third-order valence-corrected chi connectivity index (χ3v) is 20.0. The van der Waals surface area contributed by atoms with Crippen molar-refractivity contribution in [3.05, 3.63) is 124 Å². The summed E-state index contributed by atoms with van der Waals surface area (Å²) in [6, 6.07) is 27.3. The molecule has 0 heterocycles. The number of aromatic hydroxyl groups is 1. The van der Waals surface area contributed by atoms with E-state index in [4.69, 9.17) is 19.9 Å². The number of nitrogens with one attached hydrogen (secondary N) is 1. The molecule has 0 aliphatic heterocycles. The van der Waals surface area contributed by atoms with Gasteiger partial charge in [-0.15, -0.1) is 0 Å². The Morgan fingerprint density at radius 1 is 0.743 bits per heavy atom. The topological polar surface area (TPSA) is 238 Å². The van der Waals surface area contributed by atoms with Gasteiger partial charge in [0.15, 0.2) is 11.4 Å². The van der Waals surface area contributed by atoms with Crippen LogP contribution >= 0.6 is 7.26 Å². The van der Waals surface area contributed by atoms with Crippen molar-refractivity contribution in [3.8, 4) is 23.0 Å². The average Bonchev–Trinajstić information content (AvgIpc) is 3.35. The van der Waals surface area contributed by atoms with Crippen LogP contribution in [-0.2, 0) is 20.9 Å². The number of ketones is 2. The average molecular weight is 980 g/mol. The zero-order valence-corrected chi connectivity index (χ0v) is 41.7. The van der Waals surface area contributed by atoms with Crippen LogP contribution in [0.4, 0.5) is 0 Å². The molecule has 3 aliphatic carbocycles. The number of unbranched alkanes of at least 4 members (excludes halogenated alkanes) is 6. The van der Waals surface area contributed by atoms with E-state index in [9.17, 15) is 44.7 Å². The molecule has 0 spiro atoms. The minimum absolute atomic E-state index is 0.105. The molecule has 15 nitrogen and oxygen atoms in total. The van der Waals surface area contributed by atoms with Crippen molar-refractivity contribution >= 4 is 46.6 Å². The summed E-state index contributed by atoms with van der Waals surface area (Å²) in [5, 5.41) is 64.8. The molecular formula is C54H66N3O12P. The molecule has 0 saturated heterocycles. The van der Waals surface area contributed by atoms with Crippen LogP contribution in [0.2, 0.25) is 0 Å². The van der Waals surface area contributed by atoms with Gasteiger partial charge >= 0.3 is 229 Å². The Labute approximate surface area is 409 Å². The van der Waals surface area contributed by atoms with Crippen LogP contribution in [0.1, 0.15) is 85.7 Å². The summed E-state index contributed by atoms with van der Waals surface area (Å²) >= 11 is 0. The van der Waals surface area contributed by atoms with Crippen LogP contribution in [0.15, 0.2) is 108 Å². The fourth-order valence-electron chi connectivity index (χ4n) is 11.2. The Balaban J connectivity index is 0.951. The summed E-state index contributed by atoms with van der Waals surface area (Å²) in [5.74, 6) is -7.38. The molecule has 0 radical (unpaired) electrons. The second-order valence-electron chi connectivity index (χ2n) is 18.9. The quantitative estimate of drug-likeness (QED) is 0.0346. The summed E-state index contributed by atoms with van der Waals surface area (Å²) in [5.41, 5.74) is 1.33. The van der Waals surface area contributed by atoms with Crippen LogP contribution in [0.3, 0.4) is 0 Å². The molecule has 70 heavy (non-hydrogen) atoms. The van der Waals surface area contributed by atoms with Gasteiger partial charge in [0, 0.05) is 17.1 Å². The third kappa shape index (κ3) is 9.28. The normalized spacial score (nSPS) is 22.3. The standard InChI is InChI=1S/C54H66N3O12P/c1-31-39-28-15-32(47(59)42(39)48(60)43-41(31)49(61)45-46(57(2)3)50(62)44(53(55)65)52(64)54(45,66)51(43)63)30-56-40(58)14-12-10-8-7-9-11-13-29-70(36-22-16-33(67-4)17-23-36,37-24-18-34(68-5)19-25-37)38-26-20-35(69-6)21-27-38/h15-28,31,41,45-46,49,59,61-63,66,70H,7-14,29-30H2,1-6H3,(H2,55,65)(H,56,58)/t31-,41+,45+,46-,49-,54-/m0/s1. The van der Waals surface area contributed by atoms with Gasteiger partial charge in [0.1, 0.15) is 22.8 Å². The monoisotopic (exact) mass is 979 g/mol. The Morgan fingerprint density at radius 3 is 1.70 bits per heavy atom. The first kappa shape index (κ1) is 51.6. The number of amides is 2. The van der Waals surface area contributed by atoms with Crippen LogP contribution in [0.25, 0.3) is 0 Å². The summed E-state index contributed by atoms with van der Waals surface area (Å²) in [7, 11) is 5.47. The number of phenols is 1. The number of carbonyl (C=O) groups excluding carboxylic acids is 4. The van der Waals surface area contributed by atoms with E-state index < -0.39 is 88.7 Å². The van der Waals surface area contributed by atoms with Crippen molar-refractivity contribution in [1.29, 1.82) is 0 Å². The maximum absolute atomic E-state index is 14.3. The van der Waals surface area contributed by atoms with Crippen LogP contribution in [-0.4, -0.2) is 113 Å². The molecule has 374 valence electrons. The molecule has 16 heteroatoms. The molecule has 0 unspecified atom stereocenters. The Hall–Kier alpha value is -6.25.